The highest BCUT2D eigenvalue weighted by Crippen LogP contribution is 2.33. The van der Waals surface area contributed by atoms with Crippen molar-refractivity contribution >= 4 is 27.5 Å². The zero-order valence-corrected chi connectivity index (χ0v) is 25.1. The van der Waals surface area contributed by atoms with Crippen LogP contribution in [-0.2, 0) is 22.8 Å². The second-order valence-corrected chi connectivity index (χ2v) is 11.5. The van der Waals surface area contributed by atoms with E-state index in [4.69, 9.17) is 8.92 Å². The van der Waals surface area contributed by atoms with E-state index in [0.29, 0.717) is 48.4 Å². The van der Waals surface area contributed by atoms with Crippen LogP contribution in [0.5, 0.6) is 11.5 Å². The molecule has 0 unspecified atom stereocenters. The molecule has 0 heterocycles. The SMILES string of the molecule is CCN(CC)c1ccc(CN(CC(C)C)C(=O)Nc2ccccc2OC)c(OS(=O)(=O)c2cccc(C(F)(F)F)c2)c1. The number of carbonyl (C=O) groups excluding carboxylic acids is 1. The van der Waals surface area contributed by atoms with Crippen molar-refractivity contribution in [1.82, 2.24) is 4.90 Å². The fourth-order valence-electron chi connectivity index (χ4n) is 4.34. The first-order chi connectivity index (χ1) is 19.8. The summed E-state index contributed by atoms with van der Waals surface area (Å²) in [6.07, 6.45) is -4.73. The van der Waals surface area contributed by atoms with Gasteiger partial charge in [-0.3, -0.25) is 0 Å². The van der Waals surface area contributed by atoms with Crippen molar-refractivity contribution < 1.29 is 35.3 Å². The zero-order valence-electron chi connectivity index (χ0n) is 24.2. The van der Waals surface area contributed by atoms with E-state index < -0.39 is 32.8 Å². The van der Waals surface area contributed by atoms with E-state index in [1.807, 2.05) is 32.6 Å². The third-order valence-corrected chi connectivity index (χ3v) is 7.64. The fraction of sp³-hybridized carbons (Fsp3) is 0.367. The van der Waals surface area contributed by atoms with Gasteiger partial charge in [0.25, 0.3) is 0 Å². The lowest BCUT2D eigenvalue weighted by atomic mass is 10.1. The number of hydrogen-bond donors (Lipinski definition) is 1. The van der Waals surface area contributed by atoms with E-state index in [9.17, 15) is 26.4 Å². The molecule has 0 radical (unpaired) electrons. The summed E-state index contributed by atoms with van der Waals surface area (Å²) in [7, 11) is -3.18. The van der Waals surface area contributed by atoms with Crippen LogP contribution in [0.4, 0.5) is 29.3 Å². The minimum absolute atomic E-state index is 0.0366. The average molecular weight is 608 g/mol. The summed E-state index contributed by atoms with van der Waals surface area (Å²) in [5, 5.41) is 2.84. The molecule has 0 saturated carbocycles. The first kappa shape index (κ1) is 32.6. The normalized spacial score (nSPS) is 11.7. The fourth-order valence-corrected chi connectivity index (χ4v) is 5.34. The number of amides is 2. The topological polar surface area (TPSA) is 88.2 Å². The summed E-state index contributed by atoms with van der Waals surface area (Å²) in [6.45, 7) is 9.26. The molecule has 0 aliphatic rings. The van der Waals surface area contributed by atoms with Gasteiger partial charge in [0.05, 0.1) is 24.9 Å². The molecule has 0 aliphatic heterocycles. The van der Waals surface area contributed by atoms with Crippen LogP contribution in [0.15, 0.2) is 71.6 Å². The molecule has 2 amide bonds. The number of carbonyl (C=O) groups is 1. The van der Waals surface area contributed by atoms with Crippen molar-refractivity contribution in [2.24, 2.45) is 5.92 Å². The number of urea groups is 1. The lowest BCUT2D eigenvalue weighted by Gasteiger charge is -2.27. The minimum Gasteiger partial charge on any atom is -0.495 e. The van der Waals surface area contributed by atoms with Gasteiger partial charge < -0.3 is 24.0 Å². The van der Waals surface area contributed by atoms with E-state index in [2.05, 4.69) is 5.32 Å². The molecular weight excluding hydrogens is 571 g/mol. The number of nitrogens with zero attached hydrogens (tertiary/aromatic N) is 2. The number of halogens is 3. The summed E-state index contributed by atoms with van der Waals surface area (Å²) < 4.78 is 77.2. The average Bonchev–Trinajstić information content (AvgIpc) is 2.94. The predicted octanol–water partition coefficient (Wildman–Crippen LogP) is 7.02. The molecule has 0 fully saturated rings. The number of ether oxygens (including phenoxy) is 1. The summed E-state index contributed by atoms with van der Waals surface area (Å²) in [4.78, 5) is 16.3. The molecule has 3 rings (SSSR count). The van der Waals surface area contributed by atoms with Crippen molar-refractivity contribution in [3.05, 3.63) is 77.9 Å². The number of anilines is 2. The Kier molecular flexibility index (Phi) is 10.7. The Morgan fingerprint density at radius 2 is 1.64 bits per heavy atom. The van der Waals surface area contributed by atoms with E-state index in [-0.39, 0.29) is 18.2 Å². The second-order valence-electron chi connectivity index (χ2n) is 9.93. The number of benzene rings is 3. The molecular formula is C30H36F3N3O5S. The third-order valence-electron chi connectivity index (χ3n) is 6.41. The molecule has 12 heteroatoms. The van der Waals surface area contributed by atoms with Crippen LogP contribution >= 0.6 is 0 Å². The quantitative estimate of drug-likeness (QED) is 0.223. The standard InChI is InChI=1S/C30H36F3N3O5S/c1-6-35(7-2)24-16-15-22(20-36(19-21(3)4)29(37)34-26-13-8-9-14-27(26)40-5)28(18-24)41-42(38,39)25-12-10-11-23(17-25)30(31,32)33/h8-18,21H,6-7,19-20H2,1-5H3,(H,34,37). The largest absolute Gasteiger partial charge is 0.495 e. The number of methoxy groups -OCH3 is 1. The molecule has 3 aromatic rings. The van der Waals surface area contributed by atoms with E-state index in [1.165, 1.54) is 18.1 Å². The first-order valence-corrected chi connectivity index (χ1v) is 14.9. The molecule has 3 aromatic carbocycles. The number of hydrogen-bond acceptors (Lipinski definition) is 6. The Hall–Kier alpha value is -3.93. The lowest BCUT2D eigenvalue weighted by molar-refractivity contribution is -0.137. The molecule has 0 aromatic heterocycles. The highest BCUT2D eigenvalue weighted by atomic mass is 32.2. The number of rotatable bonds is 12. The minimum atomic E-state index is -4.73. The van der Waals surface area contributed by atoms with Crippen LogP contribution in [0.3, 0.4) is 0 Å². The molecule has 0 aliphatic carbocycles. The first-order valence-electron chi connectivity index (χ1n) is 13.5. The maximum Gasteiger partial charge on any atom is 0.416 e. The summed E-state index contributed by atoms with van der Waals surface area (Å²) >= 11 is 0. The number of alkyl halides is 3. The Labute approximate surface area is 245 Å². The summed E-state index contributed by atoms with van der Waals surface area (Å²) in [5.74, 6) is 0.437. The van der Waals surface area contributed by atoms with Crippen molar-refractivity contribution in [1.29, 1.82) is 0 Å². The monoisotopic (exact) mass is 607 g/mol. The molecule has 228 valence electrons. The van der Waals surface area contributed by atoms with Crippen LogP contribution in [0.2, 0.25) is 0 Å². The van der Waals surface area contributed by atoms with Crippen molar-refractivity contribution in [2.45, 2.75) is 45.3 Å². The van der Waals surface area contributed by atoms with Gasteiger partial charge in [-0.05, 0) is 56.2 Å². The number of para-hydroxylation sites is 2. The van der Waals surface area contributed by atoms with Crippen molar-refractivity contribution in [2.75, 3.05) is 37.0 Å². The van der Waals surface area contributed by atoms with Gasteiger partial charge in [0.2, 0.25) is 0 Å². The van der Waals surface area contributed by atoms with Gasteiger partial charge in [-0.2, -0.15) is 21.6 Å². The van der Waals surface area contributed by atoms with Crippen LogP contribution < -0.4 is 19.1 Å². The number of nitrogens with one attached hydrogen (secondary N) is 1. The molecule has 0 atom stereocenters. The van der Waals surface area contributed by atoms with Gasteiger partial charge >= 0.3 is 22.3 Å². The van der Waals surface area contributed by atoms with E-state index in [0.717, 1.165) is 18.2 Å². The molecule has 0 saturated heterocycles. The van der Waals surface area contributed by atoms with Crippen LogP contribution in [0, 0.1) is 5.92 Å². The predicted molar refractivity (Wildman–Crippen MR) is 157 cm³/mol. The van der Waals surface area contributed by atoms with Gasteiger partial charge in [0, 0.05) is 37.0 Å². The van der Waals surface area contributed by atoms with Gasteiger partial charge in [-0.25, -0.2) is 4.79 Å². The Bertz CT molecular complexity index is 1480. The Balaban J connectivity index is 2.02. The van der Waals surface area contributed by atoms with E-state index in [1.54, 1.807) is 36.4 Å². The zero-order chi connectivity index (χ0) is 31.1. The lowest BCUT2D eigenvalue weighted by Crippen LogP contribution is -2.37. The maximum absolute atomic E-state index is 13.4. The molecule has 8 nitrogen and oxygen atoms in total. The Morgan fingerprint density at radius 3 is 2.26 bits per heavy atom. The van der Waals surface area contributed by atoms with Crippen molar-refractivity contribution in [3.8, 4) is 11.5 Å². The third kappa shape index (κ3) is 8.31. The molecule has 0 bridgehead atoms. The van der Waals surface area contributed by atoms with Gasteiger partial charge in [0.1, 0.15) is 16.4 Å². The molecule has 0 spiro atoms. The van der Waals surface area contributed by atoms with Gasteiger partial charge in [-0.15, -0.1) is 0 Å². The molecule has 1 N–H and O–H groups in total. The van der Waals surface area contributed by atoms with E-state index >= 15 is 0 Å². The maximum atomic E-state index is 13.4. The Morgan fingerprint density at radius 1 is 0.952 bits per heavy atom. The molecule has 42 heavy (non-hydrogen) atoms. The highest BCUT2D eigenvalue weighted by Gasteiger charge is 2.32. The van der Waals surface area contributed by atoms with Gasteiger partial charge in [-0.1, -0.05) is 38.1 Å². The smallest absolute Gasteiger partial charge is 0.416 e. The summed E-state index contributed by atoms with van der Waals surface area (Å²) in [5.41, 5.74) is 0.365. The van der Waals surface area contributed by atoms with Crippen molar-refractivity contribution in [3.63, 3.8) is 0 Å². The van der Waals surface area contributed by atoms with Crippen LogP contribution in [0.25, 0.3) is 0 Å². The van der Waals surface area contributed by atoms with Crippen LogP contribution in [0.1, 0.15) is 38.8 Å². The second kappa shape index (κ2) is 13.8. The summed E-state index contributed by atoms with van der Waals surface area (Å²) in [6, 6.07) is 14.8. The van der Waals surface area contributed by atoms with Gasteiger partial charge in [0.15, 0.2) is 0 Å². The van der Waals surface area contributed by atoms with Crippen LogP contribution in [-0.4, -0.2) is 46.1 Å². The highest BCUT2D eigenvalue weighted by molar-refractivity contribution is 7.87.